The standard InChI is InChI=1S/C10H5F3N2O2/c11-10(12,13)9-5-8(15(16)17)6-3-1-2-4-7(6)14-9/h1-5H. The molecule has 2 rings (SSSR count). The van der Waals surface area contributed by atoms with E-state index >= 15 is 0 Å². The molecule has 0 amide bonds. The quantitative estimate of drug-likeness (QED) is 0.570. The lowest BCUT2D eigenvalue weighted by Gasteiger charge is -2.07. The van der Waals surface area contributed by atoms with Crippen molar-refractivity contribution >= 4 is 16.6 Å². The lowest BCUT2D eigenvalue weighted by atomic mass is 10.1. The number of benzene rings is 1. The minimum absolute atomic E-state index is 0.0472. The van der Waals surface area contributed by atoms with E-state index in [0.717, 1.165) is 0 Å². The van der Waals surface area contributed by atoms with Crippen molar-refractivity contribution in [3.8, 4) is 0 Å². The minimum atomic E-state index is -4.70. The number of fused-ring (bicyclic) bond motifs is 1. The summed E-state index contributed by atoms with van der Waals surface area (Å²) in [5.41, 5.74) is -1.90. The van der Waals surface area contributed by atoms with Gasteiger partial charge in [-0.25, -0.2) is 4.98 Å². The minimum Gasteiger partial charge on any atom is -0.258 e. The Morgan fingerprint density at radius 3 is 2.47 bits per heavy atom. The fourth-order valence-electron chi connectivity index (χ4n) is 1.45. The average molecular weight is 242 g/mol. The first-order valence-electron chi connectivity index (χ1n) is 4.51. The van der Waals surface area contributed by atoms with Gasteiger partial charge >= 0.3 is 6.18 Å². The van der Waals surface area contributed by atoms with Crippen LogP contribution in [0.5, 0.6) is 0 Å². The van der Waals surface area contributed by atoms with Crippen LogP contribution in [0.2, 0.25) is 0 Å². The number of nitrogens with zero attached hydrogens (tertiary/aromatic N) is 2. The molecule has 0 saturated heterocycles. The molecule has 4 nitrogen and oxygen atoms in total. The van der Waals surface area contributed by atoms with Crippen molar-refractivity contribution in [2.24, 2.45) is 0 Å². The lowest BCUT2D eigenvalue weighted by Crippen LogP contribution is -2.09. The van der Waals surface area contributed by atoms with Gasteiger partial charge in [0.1, 0.15) is 0 Å². The number of halogens is 3. The van der Waals surface area contributed by atoms with Crippen LogP contribution in [0.4, 0.5) is 18.9 Å². The normalized spacial score (nSPS) is 11.7. The van der Waals surface area contributed by atoms with Gasteiger partial charge in [0.05, 0.1) is 15.8 Å². The monoisotopic (exact) mass is 242 g/mol. The SMILES string of the molecule is O=[N+]([O-])c1cc(C(F)(F)F)nc2ccccc12. The summed E-state index contributed by atoms with van der Waals surface area (Å²) in [6.45, 7) is 0. The van der Waals surface area contributed by atoms with Crippen LogP contribution in [-0.2, 0) is 6.18 Å². The van der Waals surface area contributed by atoms with E-state index in [9.17, 15) is 23.3 Å². The zero-order valence-corrected chi connectivity index (χ0v) is 8.23. The summed E-state index contributed by atoms with van der Waals surface area (Å²) in [7, 11) is 0. The largest absolute Gasteiger partial charge is 0.433 e. The summed E-state index contributed by atoms with van der Waals surface area (Å²) in [6, 6.07) is 6.09. The van der Waals surface area contributed by atoms with Crippen molar-refractivity contribution in [2.75, 3.05) is 0 Å². The molecule has 2 aromatic rings. The van der Waals surface area contributed by atoms with E-state index in [2.05, 4.69) is 4.98 Å². The molecule has 0 N–H and O–H groups in total. The van der Waals surface area contributed by atoms with Crippen LogP contribution >= 0.6 is 0 Å². The molecule has 0 atom stereocenters. The molecule has 17 heavy (non-hydrogen) atoms. The molecule has 0 saturated carbocycles. The summed E-state index contributed by atoms with van der Waals surface area (Å²) in [4.78, 5) is 13.2. The van der Waals surface area contributed by atoms with E-state index in [4.69, 9.17) is 0 Å². The maximum Gasteiger partial charge on any atom is 0.433 e. The number of hydrogen-bond donors (Lipinski definition) is 0. The Labute approximate surface area is 92.8 Å². The number of alkyl halides is 3. The predicted octanol–water partition coefficient (Wildman–Crippen LogP) is 3.16. The van der Waals surface area contributed by atoms with Crippen LogP contribution in [0.3, 0.4) is 0 Å². The van der Waals surface area contributed by atoms with Gasteiger partial charge in [-0.3, -0.25) is 10.1 Å². The number of nitro groups is 1. The molecule has 0 aliphatic carbocycles. The Kier molecular flexibility index (Phi) is 2.45. The highest BCUT2D eigenvalue weighted by Crippen LogP contribution is 2.33. The number of pyridine rings is 1. The van der Waals surface area contributed by atoms with E-state index in [0.29, 0.717) is 6.07 Å². The summed E-state index contributed by atoms with van der Waals surface area (Å²) >= 11 is 0. The molecule has 0 aliphatic heterocycles. The van der Waals surface area contributed by atoms with Gasteiger partial charge in [-0.05, 0) is 12.1 Å². The van der Waals surface area contributed by atoms with E-state index in [-0.39, 0.29) is 10.9 Å². The van der Waals surface area contributed by atoms with E-state index in [1.54, 1.807) is 0 Å². The van der Waals surface area contributed by atoms with Crippen molar-refractivity contribution in [3.63, 3.8) is 0 Å². The molecule has 0 aliphatic rings. The second kappa shape index (κ2) is 3.69. The molecule has 0 spiro atoms. The first kappa shape index (κ1) is 11.3. The second-order valence-corrected chi connectivity index (χ2v) is 3.30. The highest BCUT2D eigenvalue weighted by molar-refractivity contribution is 5.87. The fourth-order valence-corrected chi connectivity index (χ4v) is 1.45. The third-order valence-electron chi connectivity index (χ3n) is 2.18. The number of aromatic nitrogens is 1. The van der Waals surface area contributed by atoms with Gasteiger partial charge in [0.25, 0.3) is 5.69 Å². The van der Waals surface area contributed by atoms with E-state index in [1.807, 2.05) is 0 Å². The van der Waals surface area contributed by atoms with Gasteiger partial charge in [0, 0.05) is 6.07 Å². The van der Waals surface area contributed by atoms with Crippen LogP contribution in [0.25, 0.3) is 10.9 Å². The maximum atomic E-state index is 12.5. The molecule has 0 fully saturated rings. The molecular weight excluding hydrogens is 237 g/mol. The number of rotatable bonds is 1. The topological polar surface area (TPSA) is 56.0 Å². The first-order chi connectivity index (χ1) is 7.89. The Hall–Kier alpha value is -2.18. The third kappa shape index (κ3) is 2.03. The van der Waals surface area contributed by atoms with Crippen LogP contribution in [0.1, 0.15) is 5.69 Å². The summed E-state index contributed by atoms with van der Waals surface area (Å²) in [5.74, 6) is 0. The van der Waals surface area contributed by atoms with Crippen molar-refractivity contribution < 1.29 is 18.1 Å². The summed E-state index contributed by atoms with van der Waals surface area (Å²) in [6.07, 6.45) is -4.70. The zero-order chi connectivity index (χ0) is 12.6. The van der Waals surface area contributed by atoms with Gasteiger partial charge in [-0.2, -0.15) is 13.2 Å². The van der Waals surface area contributed by atoms with Crippen molar-refractivity contribution in [1.29, 1.82) is 0 Å². The Bertz CT molecular complexity index is 596. The van der Waals surface area contributed by atoms with Gasteiger partial charge < -0.3 is 0 Å². The van der Waals surface area contributed by atoms with Gasteiger partial charge in [0.15, 0.2) is 5.69 Å². The Morgan fingerprint density at radius 1 is 1.24 bits per heavy atom. The second-order valence-electron chi connectivity index (χ2n) is 3.30. The molecule has 1 heterocycles. The predicted molar refractivity (Wildman–Crippen MR) is 53.4 cm³/mol. The highest BCUT2D eigenvalue weighted by atomic mass is 19.4. The van der Waals surface area contributed by atoms with Gasteiger partial charge in [0.2, 0.25) is 0 Å². The van der Waals surface area contributed by atoms with E-state index < -0.39 is 22.5 Å². The summed E-state index contributed by atoms with van der Waals surface area (Å²) < 4.78 is 37.4. The molecule has 1 aromatic heterocycles. The molecule has 0 radical (unpaired) electrons. The van der Waals surface area contributed by atoms with Crippen LogP contribution in [0.15, 0.2) is 30.3 Å². The van der Waals surface area contributed by atoms with Crippen molar-refractivity contribution in [2.45, 2.75) is 6.18 Å². The van der Waals surface area contributed by atoms with Crippen molar-refractivity contribution in [1.82, 2.24) is 4.98 Å². The van der Waals surface area contributed by atoms with Gasteiger partial charge in [-0.1, -0.05) is 12.1 Å². The summed E-state index contributed by atoms with van der Waals surface area (Å²) in [5, 5.41) is 10.8. The maximum absolute atomic E-state index is 12.5. The average Bonchev–Trinajstić information content (AvgIpc) is 2.26. The number of hydrogen-bond acceptors (Lipinski definition) is 3. The van der Waals surface area contributed by atoms with Crippen LogP contribution < -0.4 is 0 Å². The molecule has 7 heteroatoms. The first-order valence-corrected chi connectivity index (χ1v) is 4.51. The van der Waals surface area contributed by atoms with Crippen LogP contribution in [0, 0.1) is 10.1 Å². The third-order valence-corrected chi connectivity index (χ3v) is 2.18. The molecular formula is C10H5F3N2O2. The molecule has 0 bridgehead atoms. The molecule has 88 valence electrons. The van der Waals surface area contributed by atoms with Gasteiger partial charge in [-0.15, -0.1) is 0 Å². The zero-order valence-electron chi connectivity index (χ0n) is 8.23. The smallest absolute Gasteiger partial charge is 0.258 e. The van der Waals surface area contributed by atoms with E-state index in [1.165, 1.54) is 24.3 Å². The fraction of sp³-hybridized carbons (Fsp3) is 0.100. The highest BCUT2D eigenvalue weighted by Gasteiger charge is 2.35. The van der Waals surface area contributed by atoms with Crippen LogP contribution in [-0.4, -0.2) is 9.91 Å². The Morgan fingerprint density at radius 2 is 1.88 bits per heavy atom. The Balaban J connectivity index is 2.81. The number of para-hydroxylation sites is 1. The molecule has 0 unspecified atom stereocenters. The lowest BCUT2D eigenvalue weighted by molar-refractivity contribution is -0.383. The van der Waals surface area contributed by atoms with Crippen molar-refractivity contribution in [3.05, 3.63) is 46.1 Å². The molecule has 1 aromatic carbocycles.